The van der Waals surface area contributed by atoms with Crippen LogP contribution in [0.4, 0.5) is 0 Å². The van der Waals surface area contributed by atoms with E-state index in [9.17, 15) is 0 Å². The quantitative estimate of drug-likeness (QED) is 0.750. The van der Waals surface area contributed by atoms with Crippen molar-refractivity contribution < 1.29 is 0 Å². The van der Waals surface area contributed by atoms with Crippen LogP contribution >= 0.6 is 23.2 Å². The third-order valence-corrected chi connectivity index (χ3v) is 3.35. The van der Waals surface area contributed by atoms with Gasteiger partial charge in [0, 0.05) is 22.2 Å². The molecule has 0 aliphatic heterocycles. The molecule has 0 aliphatic carbocycles. The second kappa shape index (κ2) is 4.85. The van der Waals surface area contributed by atoms with Crippen LogP contribution in [0.2, 0.25) is 10.0 Å². The predicted molar refractivity (Wildman–Crippen MR) is 79.4 cm³/mol. The van der Waals surface area contributed by atoms with E-state index in [0.717, 1.165) is 28.0 Å². The second-order valence-corrected chi connectivity index (χ2v) is 5.17. The van der Waals surface area contributed by atoms with Gasteiger partial charge in [0.1, 0.15) is 5.82 Å². The van der Waals surface area contributed by atoms with Crippen LogP contribution in [0.15, 0.2) is 36.4 Å². The Morgan fingerprint density at radius 3 is 2.47 bits per heavy atom. The largest absolute Gasteiger partial charge is 0.338 e. The lowest BCUT2D eigenvalue weighted by atomic mass is 10.2. The van der Waals surface area contributed by atoms with Gasteiger partial charge >= 0.3 is 0 Å². The van der Waals surface area contributed by atoms with Crippen LogP contribution in [0.25, 0.3) is 22.4 Å². The van der Waals surface area contributed by atoms with E-state index >= 15 is 0 Å². The number of fused-ring (bicyclic) bond motifs is 1. The highest BCUT2D eigenvalue weighted by molar-refractivity contribution is 6.35. The van der Waals surface area contributed by atoms with E-state index in [1.54, 1.807) is 6.07 Å². The topological polar surface area (TPSA) is 54.7 Å². The summed E-state index contributed by atoms with van der Waals surface area (Å²) < 4.78 is 0. The first kappa shape index (κ1) is 12.5. The zero-order valence-corrected chi connectivity index (χ0v) is 11.5. The van der Waals surface area contributed by atoms with Crippen molar-refractivity contribution in [2.45, 2.75) is 6.54 Å². The van der Waals surface area contributed by atoms with Crippen molar-refractivity contribution in [2.24, 2.45) is 5.73 Å². The minimum atomic E-state index is 0.507. The molecule has 2 aromatic carbocycles. The number of imidazole rings is 1. The molecule has 5 heteroatoms. The Morgan fingerprint density at radius 2 is 1.79 bits per heavy atom. The van der Waals surface area contributed by atoms with Gasteiger partial charge in [0.2, 0.25) is 0 Å². The molecule has 3 aromatic rings. The van der Waals surface area contributed by atoms with Crippen molar-refractivity contribution in [3.63, 3.8) is 0 Å². The van der Waals surface area contributed by atoms with Gasteiger partial charge in [0.25, 0.3) is 0 Å². The molecule has 19 heavy (non-hydrogen) atoms. The van der Waals surface area contributed by atoms with Gasteiger partial charge in [-0.3, -0.25) is 0 Å². The fourth-order valence-electron chi connectivity index (χ4n) is 2.01. The summed E-state index contributed by atoms with van der Waals surface area (Å²) in [7, 11) is 0. The highest BCUT2D eigenvalue weighted by Crippen LogP contribution is 2.27. The molecule has 96 valence electrons. The maximum atomic E-state index is 6.00. The Kier molecular flexibility index (Phi) is 3.19. The van der Waals surface area contributed by atoms with E-state index in [1.165, 1.54) is 0 Å². The molecule has 0 amide bonds. The number of nitrogens with two attached hydrogens (primary N) is 1. The van der Waals surface area contributed by atoms with Crippen molar-refractivity contribution in [2.75, 3.05) is 0 Å². The summed E-state index contributed by atoms with van der Waals surface area (Å²) in [6, 6.07) is 11.3. The number of aromatic nitrogens is 2. The molecular weight excluding hydrogens is 281 g/mol. The lowest BCUT2D eigenvalue weighted by Crippen LogP contribution is -1.95. The number of aromatic amines is 1. The number of hydrogen-bond donors (Lipinski definition) is 2. The van der Waals surface area contributed by atoms with E-state index in [-0.39, 0.29) is 0 Å². The molecule has 3 nitrogen and oxygen atoms in total. The minimum absolute atomic E-state index is 0.507. The standard InChI is InChI=1S/C14H11Cl2N3/c15-10-4-9(5-11(16)6-10)14-18-12-2-1-8(7-17)3-13(12)19-14/h1-6H,7,17H2,(H,18,19). The summed E-state index contributed by atoms with van der Waals surface area (Å²) in [4.78, 5) is 7.78. The molecule has 1 heterocycles. The summed E-state index contributed by atoms with van der Waals surface area (Å²) in [6.07, 6.45) is 0. The van der Waals surface area contributed by atoms with Crippen LogP contribution in [0, 0.1) is 0 Å². The van der Waals surface area contributed by atoms with Gasteiger partial charge < -0.3 is 10.7 Å². The predicted octanol–water partition coefficient (Wildman–Crippen LogP) is 4.00. The third kappa shape index (κ3) is 2.45. The monoisotopic (exact) mass is 291 g/mol. The molecule has 1 aromatic heterocycles. The Balaban J connectivity index is 2.14. The number of nitrogens with zero attached hydrogens (tertiary/aromatic N) is 1. The molecule has 3 rings (SSSR count). The molecule has 0 bridgehead atoms. The number of rotatable bonds is 2. The number of benzene rings is 2. The first-order valence-electron chi connectivity index (χ1n) is 5.81. The normalized spacial score (nSPS) is 11.1. The molecule has 0 saturated carbocycles. The van der Waals surface area contributed by atoms with E-state index in [2.05, 4.69) is 9.97 Å². The van der Waals surface area contributed by atoms with Crippen LogP contribution in [-0.4, -0.2) is 9.97 Å². The Hall–Kier alpha value is -1.55. The van der Waals surface area contributed by atoms with Crippen molar-refractivity contribution in [3.05, 3.63) is 52.0 Å². The van der Waals surface area contributed by atoms with Gasteiger partial charge in [-0.05, 0) is 35.9 Å². The number of H-pyrrole nitrogens is 1. The summed E-state index contributed by atoms with van der Waals surface area (Å²) in [5.74, 6) is 0.744. The number of hydrogen-bond acceptors (Lipinski definition) is 2. The fourth-order valence-corrected chi connectivity index (χ4v) is 2.54. The Morgan fingerprint density at radius 1 is 1.05 bits per heavy atom. The molecular formula is C14H11Cl2N3. The summed E-state index contributed by atoms with van der Waals surface area (Å²) >= 11 is 12.0. The lowest BCUT2D eigenvalue weighted by molar-refractivity contribution is 1.07. The van der Waals surface area contributed by atoms with Crippen molar-refractivity contribution >= 4 is 34.2 Å². The summed E-state index contributed by atoms with van der Waals surface area (Å²) in [5, 5.41) is 1.18. The maximum absolute atomic E-state index is 6.00. The first-order valence-corrected chi connectivity index (χ1v) is 6.56. The summed E-state index contributed by atoms with van der Waals surface area (Å²) in [5.41, 5.74) is 9.40. The third-order valence-electron chi connectivity index (χ3n) is 2.92. The maximum Gasteiger partial charge on any atom is 0.138 e. The van der Waals surface area contributed by atoms with E-state index in [0.29, 0.717) is 16.6 Å². The van der Waals surface area contributed by atoms with E-state index in [4.69, 9.17) is 28.9 Å². The van der Waals surface area contributed by atoms with Crippen LogP contribution < -0.4 is 5.73 Å². The SMILES string of the molecule is NCc1ccc2nc(-c3cc(Cl)cc(Cl)c3)[nH]c2c1. The second-order valence-electron chi connectivity index (χ2n) is 4.30. The molecule has 0 fully saturated rings. The average Bonchev–Trinajstić information content (AvgIpc) is 2.80. The average molecular weight is 292 g/mol. The van der Waals surface area contributed by atoms with Gasteiger partial charge in [-0.15, -0.1) is 0 Å². The molecule has 0 spiro atoms. The minimum Gasteiger partial charge on any atom is -0.338 e. The fraction of sp³-hybridized carbons (Fsp3) is 0.0714. The van der Waals surface area contributed by atoms with Crippen LogP contribution in [0.3, 0.4) is 0 Å². The number of nitrogens with one attached hydrogen (secondary N) is 1. The molecule has 0 radical (unpaired) electrons. The van der Waals surface area contributed by atoms with Gasteiger partial charge in [-0.25, -0.2) is 4.98 Å². The zero-order chi connectivity index (χ0) is 13.4. The molecule has 0 unspecified atom stereocenters. The van der Waals surface area contributed by atoms with Crippen molar-refractivity contribution in [3.8, 4) is 11.4 Å². The van der Waals surface area contributed by atoms with Crippen LogP contribution in [0.5, 0.6) is 0 Å². The van der Waals surface area contributed by atoms with Gasteiger partial charge in [0.15, 0.2) is 0 Å². The van der Waals surface area contributed by atoms with Gasteiger partial charge in [-0.2, -0.15) is 0 Å². The lowest BCUT2D eigenvalue weighted by Gasteiger charge is -1.99. The molecule has 0 atom stereocenters. The molecule has 0 saturated heterocycles. The first-order chi connectivity index (χ1) is 9.15. The van der Waals surface area contributed by atoms with Crippen LogP contribution in [-0.2, 0) is 6.54 Å². The van der Waals surface area contributed by atoms with Gasteiger partial charge in [-0.1, -0.05) is 29.3 Å². The number of halogens is 2. The van der Waals surface area contributed by atoms with Gasteiger partial charge in [0.05, 0.1) is 11.0 Å². The Bertz CT molecular complexity index is 729. The molecule has 0 aliphatic rings. The van der Waals surface area contributed by atoms with Crippen LogP contribution in [0.1, 0.15) is 5.56 Å². The zero-order valence-electron chi connectivity index (χ0n) is 9.95. The molecule has 3 N–H and O–H groups in total. The summed E-state index contributed by atoms with van der Waals surface area (Å²) in [6.45, 7) is 0.507. The smallest absolute Gasteiger partial charge is 0.138 e. The van der Waals surface area contributed by atoms with E-state index < -0.39 is 0 Å². The highest BCUT2D eigenvalue weighted by atomic mass is 35.5. The van der Waals surface area contributed by atoms with Crippen molar-refractivity contribution in [1.82, 2.24) is 9.97 Å². The van der Waals surface area contributed by atoms with Crippen molar-refractivity contribution in [1.29, 1.82) is 0 Å². The van der Waals surface area contributed by atoms with E-state index in [1.807, 2.05) is 30.3 Å². The Labute approximate surface area is 120 Å². The highest BCUT2D eigenvalue weighted by Gasteiger charge is 2.07.